The van der Waals surface area contributed by atoms with Crippen molar-refractivity contribution in [2.75, 3.05) is 0 Å². The fourth-order valence-corrected chi connectivity index (χ4v) is 3.52. The van der Waals surface area contributed by atoms with Gasteiger partial charge in [0.25, 0.3) is 0 Å². The predicted octanol–water partition coefficient (Wildman–Crippen LogP) is 3.84. The number of aliphatic hydroxyl groups excluding tert-OH is 1. The van der Waals surface area contributed by atoms with Gasteiger partial charge in [0, 0.05) is 5.41 Å². The molecule has 1 saturated carbocycles. The van der Waals surface area contributed by atoms with Gasteiger partial charge >= 0.3 is 0 Å². The Kier molecular flexibility index (Phi) is 3.00. The molecule has 0 aliphatic heterocycles. The van der Waals surface area contributed by atoms with Crippen LogP contribution in [0.1, 0.15) is 52.9 Å². The summed E-state index contributed by atoms with van der Waals surface area (Å²) in [5.41, 5.74) is 4.35. The lowest BCUT2D eigenvalue weighted by Crippen LogP contribution is -2.42. The van der Waals surface area contributed by atoms with Gasteiger partial charge in [-0.2, -0.15) is 0 Å². The number of allylic oxidation sites excluding steroid dienone is 2. The summed E-state index contributed by atoms with van der Waals surface area (Å²) >= 11 is 0. The van der Waals surface area contributed by atoms with E-state index < -0.39 is 0 Å². The maximum Gasteiger partial charge on any atom is 0.0636 e. The molecule has 0 bridgehead atoms. The summed E-state index contributed by atoms with van der Waals surface area (Å²) in [6.07, 6.45) is 5.48. The van der Waals surface area contributed by atoms with Gasteiger partial charge in [0.05, 0.1) is 6.10 Å². The molecule has 16 heavy (non-hydrogen) atoms. The van der Waals surface area contributed by atoms with Crippen LogP contribution in [0.4, 0.5) is 0 Å². The maximum atomic E-state index is 10.4. The van der Waals surface area contributed by atoms with E-state index in [2.05, 4.69) is 27.4 Å². The van der Waals surface area contributed by atoms with Crippen molar-refractivity contribution in [1.82, 2.24) is 0 Å². The van der Waals surface area contributed by atoms with Gasteiger partial charge in [-0.15, -0.1) is 0 Å². The standard InChI is InChI=1S/C15H24O/c1-10(2)12-8-13-11(3)6-5-7-15(13,4)14(16)9-12/h12,14,16H,1,5-9H2,2-4H3/t12-,14+,15-/m0/s1. The summed E-state index contributed by atoms with van der Waals surface area (Å²) in [5, 5.41) is 10.4. The van der Waals surface area contributed by atoms with Crippen LogP contribution in [0.5, 0.6) is 0 Å². The fourth-order valence-electron chi connectivity index (χ4n) is 3.52. The van der Waals surface area contributed by atoms with E-state index in [0.29, 0.717) is 5.92 Å². The van der Waals surface area contributed by atoms with Gasteiger partial charge in [0.2, 0.25) is 0 Å². The minimum atomic E-state index is -0.173. The second kappa shape index (κ2) is 4.03. The zero-order valence-electron chi connectivity index (χ0n) is 10.8. The van der Waals surface area contributed by atoms with E-state index in [9.17, 15) is 5.11 Å². The minimum Gasteiger partial charge on any atom is -0.392 e. The second-order valence-corrected chi connectivity index (χ2v) is 6.03. The average molecular weight is 220 g/mol. The summed E-state index contributed by atoms with van der Waals surface area (Å²) in [6, 6.07) is 0. The molecule has 0 aromatic heterocycles. The largest absolute Gasteiger partial charge is 0.392 e. The van der Waals surface area contributed by atoms with Gasteiger partial charge in [0.15, 0.2) is 0 Å². The van der Waals surface area contributed by atoms with Crippen LogP contribution >= 0.6 is 0 Å². The van der Waals surface area contributed by atoms with E-state index in [1.807, 2.05) is 0 Å². The smallest absolute Gasteiger partial charge is 0.0636 e. The Morgan fingerprint density at radius 3 is 2.81 bits per heavy atom. The molecule has 0 amide bonds. The Balaban J connectivity index is 2.35. The van der Waals surface area contributed by atoms with Crippen molar-refractivity contribution in [2.45, 2.75) is 59.0 Å². The van der Waals surface area contributed by atoms with Gasteiger partial charge in [-0.25, -0.2) is 0 Å². The Bertz CT molecular complexity index is 339. The summed E-state index contributed by atoms with van der Waals surface area (Å²) < 4.78 is 0. The highest BCUT2D eigenvalue weighted by Crippen LogP contribution is 2.52. The topological polar surface area (TPSA) is 20.2 Å². The first-order valence-electron chi connectivity index (χ1n) is 6.47. The zero-order chi connectivity index (χ0) is 11.9. The summed E-state index contributed by atoms with van der Waals surface area (Å²) in [5.74, 6) is 0.492. The average Bonchev–Trinajstić information content (AvgIpc) is 2.20. The van der Waals surface area contributed by atoms with Gasteiger partial charge in [-0.1, -0.05) is 30.2 Å². The molecule has 0 spiro atoms. The SMILES string of the molecule is C=C(C)[C@H]1CC2=C(C)CCC[C@]2(C)[C@H](O)C1. The molecule has 1 fully saturated rings. The Hall–Kier alpha value is -0.560. The van der Waals surface area contributed by atoms with Crippen molar-refractivity contribution in [3.63, 3.8) is 0 Å². The third kappa shape index (κ3) is 1.75. The Morgan fingerprint density at radius 2 is 2.19 bits per heavy atom. The summed E-state index contributed by atoms with van der Waals surface area (Å²) in [7, 11) is 0. The van der Waals surface area contributed by atoms with Crippen LogP contribution in [0.3, 0.4) is 0 Å². The van der Waals surface area contributed by atoms with Gasteiger partial charge in [-0.05, 0) is 51.9 Å². The van der Waals surface area contributed by atoms with Gasteiger partial charge in [0.1, 0.15) is 0 Å². The Morgan fingerprint density at radius 1 is 1.50 bits per heavy atom. The first kappa shape index (κ1) is 11.9. The first-order chi connectivity index (χ1) is 7.45. The lowest BCUT2D eigenvalue weighted by atomic mass is 9.59. The highest BCUT2D eigenvalue weighted by atomic mass is 16.3. The van der Waals surface area contributed by atoms with E-state index in [1.165, 1.54) is 29.6 Å². The number of rotatable bonds is 1. The van der Waals surface area contributed by atoms with Crippen LogP contribution in [-0.2, 0) is 0 Å². The van der Waals surface area contributed by atoms with Crippen molar-refractivity contribution in [2.24, 2.45) is 11.3 Å². The molecule has 1 N–H and O–H groups in total. The molecule has 0 radical (unpaired) electrons. The van der Waals surface area contributed by atoms with E-state index in [4.69, 9.17) is 0 Å². The molecule has 3 atom stereocenters. The van der Waals surface area contributed by atoms with E-state index in [-0.39, 0.29) is 11.5 Å². The van der Waals surface area contributed by atoms with Crippen LogP contribution in [0.15, 0.2) is 23.3 Å². The lowest BCUT2D eigenvalue weighted by molar-refractivity contribution is 0.0118. The number of hydrogen-bond donors (Lipinski definition) is 1. The first-order valence-corrected chi connectivity index (χ1v) is 6.47. The lowest BCUT2D eigenvalue weighted by Gasteiger charge is -2.47. The maximum absolute atomic E-state index is 10.4. The van der Waals surface area contributed by atoms with Gasteiger partial charge < -0.3 is 5.11 Å². The number of fused-ring (bicyclic) bond motifs is 1. The van der Waals surface area contributed by atoms with Crippen molar-refractivity contribution in [1.29, 1.82) is 0 Å². The van der Waals surface area contributed by atoms with Crippen molar-refractivity contribution in [3.05, 3.63) is 23.3 Å². The number of aliphatic hydroxyl groups is 1. The Labute approximate surface area is 99.3 Å². The minimum absolute atomic E-state index is 0.0638. The molecule has 1 heteroatoms. The van der Waals surface area contributed by atoms with Crippen LogP contribution in [0.2, 0.25) is 0 Å². The predicted molar refractivity (Wildman–Crippen MR) is 68.2 cm³/mol. The molecule has 2 aliphatic carbocycles. The molecule has 0 aromatic carbocycles. The van der Waals surface area contributed by atoms with E-state index in [0.717, 1.165) is 19.3 Å². The molecule has 0 aromatic rings. The molecule has 0 saturated heterocycles. The molecular formula is C15H24O. The number of hydrogen-bond acceptors (Lipinski definition) is 1. The monoisotopic (exact) mass is 220 g/mol. The van der Waals surface area contributed by atoms with Crippen LogP contribution < -0.4 is 0 Å². The van der Waals surface area contributed by atoms with Gasteiger partial charge in [-0.3, -0.25) is 0 Å². The highest BCUT2D eigenvalue weighted by Gasteiger charge is 2.44. The summed E-state index contributed by atoms with van der Waals surface area (Å²) in [4.78, 5) is 0. The molecule has 0 heterocycles. The van der Waals surface area contributed by atoms with E-state index in [1.54, 1.807) is 0 Å². The molecule has 2 rings (SSSR count). The van der Waals surface area contributed by atoms with Crippen molar-refractivity contribution < 1.29 is 5.11 Å². The normalized spacial score (nSPS) is 39.5. The van der Waals surface area contributed by atoms with Crippen LogP contribution in [-0.4, -0.2) is 11.2 Å². The molecular weight excluding hydrogens is 196 g/mol. The molecule has 0 unspecified atom stereocenters. The van der Waals surface area contributed by atoms with E-state index >= 15 is 0 Å². The van der Waals surface area contributed by atoms with Crippen LogP contribution in [0, 0.1) is 11.3 Å². The quantitative estimate of drug-likeness (QED) is 0.666. The second-order valence-electron chi connectivity index (χ2n) is 6.03. The van der Waals surface area contributed by atoms with Crippen molar-refractivity contribution in [3.8, 4) is 0 Å². The third-order valence-corrected chi connectivity index (χ3v) is 4.84. The molecule has 1 nitrogen and oxygen atoms in total. The summed E-state index contributed by atoms with van der Waals surface area (Å²) in [6.45, 7) is 10.7. The van der Waals surface area contributed by atoms with Crippen molar-refractivity contribution >= 4 is 0 Å². The van der Waals surface area contributed by atoms with Crippen LogP contribution in [0.25, 0.3) is 0 Å². The third-order valence-electron chi connectivity index (χ3n) is 4.84. The molecule has 2 aliphatic rings. The zero-order valence-corrected chi connectivity index (χ0v) is 10.8. The molecule has 90 valence electrons. The fraction of sp³-hybridized carbons (Fsp3) is 0.733. The highest BCUT2D eigenvalue weighted by molar-refractivity contribution is 5.29.